The molecular weight excluding hydrogens is 572 g/mol. The van der Waals surface area contributed by atoms with Crippen molar-refractivity contribution in [3.05, 3.63) is 85.2 Å². The van der Waals surface area contributed by atoms with Crippen LogP contribution in [0.1, 0.15) is 43.2 Å². The summed E-state index contributed by atoms with van der Waals surface area (Å²) < 4.78 is 8.88. The number of benzene rings is 3. The van der Waals surface area contributed by atoms with Gasteiger partial charge in [0.1, 0.15) is 17.2 Å². The third-order valence-corrected chi connectivity index (χ3v) is 6.31. The van der Waals surface area contributed by atoms with Crippen LogP contribution in [0.25, 0.3) is 0 Å². The number of phenols is 1. The Labute approximate surface area is 204 Å². The van der Waals surface area contributed by atoms with Crippen molar-refractivity contribution in [2.75, 3.05) is 0 Å². The van der Waals surface area contributed by atoms with E-state index in [1.165, 1.54) is 43.2 Å². The quantitative estimate of drug-likeness (QED) is 0.236. The Balaban J connectivity index is 1.41. The van der Waals surface area contributed by atoms with Crippen molar-refractivity contribution in [2.45, 2.75) is 44.9 Å². The number of aromatic hydroxyl groups is 1. The largest absolute Gasteiger partial charge is 0.508 e. The van der Waals surface area contributed by atoms with Gasteiger partial charge >= 0.3 is 0 Å². The van der Waals surface area contributed by atoms with E-state index in [0.29, 0.717) is 5.75 Å². The average Bonchev–Trinajstić information content (AvgIpc) is 2.67. The van der Waals surface area contributed by atoms with Gasteiger partial charge in [-0.2, -0.15) is 0 Å². The molecule has 0 fully saturated rings. The van der Waals surface area contributed by atoms with E-state index >= 15 is 0 Å². The molecule has 0 heterocycles. The third-order valence-electron chi connectivity index (χ3n) is 4.87. The van der Waals surface area contributed by atoms with Crippen LogP contribution in [0.5, 0.6) is 17.2 Å². The first kappa shape index (κ1) is 23.4. The number of halogens is 3. The van der Waals surface area contributed by atoms with Crippen molar-refractivity contribution < 1.29 is 9.84 Å². The summed E-state index contributed by atoms with van der Waals surface area (Å²) in [7, 11) is 0. The number of unbranched alkanes of at least 4 members (excludes halogenated alkanes) is 4. The highest BCUT2D eigenvalue weighted by atomic mass is 79.9. The van der Waals surface area contributed by atoms with E-state index < -0.39 is 0 Å². The van der Waals surface area contributed by atoms with Gasteiger partial charge in [0.15, 0.2) is 0 Å². The van der Waals surface area contributed by atoms with Gasteiger partial charge in [-0.1, -0.05) is 79.2 Å². The molecule has 0 aliphatic rings. The van der Waals surface area contributed by atoms with Crippen molar-refractivity contribution in [3.8, 4) is 17.2 Å². The first-order valence-electron chi connectivity index (χ1n) is 10.2. The fourth-order valence-corrected chi connectivity index (χ4v) is 4.65. The molecule has 0 aliphatic carbocycles. The van der Waals surface area contributed by atoms with Gasteiger partial charge in [-0.25, -0.2) is 0 Å². The first-order chi connectivity index (χ1) is 14.5. The number of ether oxygens (including phenoxy) is 1. The molecule has 0 bridgehead atoms. The van der Waals surface area contributed by atoms with Crippen LogP contribution in [-0.2, 0) is 12.8 Å². The topological polar surface area (TPSA) is 29.5 Å². The molecule has 0 saturated carbocycles. The van der Waals surface area contributed by atoms with Crippen LogP contribution in [0.15, 0.2) is 74.1 Å². The lowest BCUT2D eigenvalue weighted by Gasteiger charge is -2.10. The highest BCUT2D eigenvalue weighted by molar-refractivity contribution is 9.11. The second-order valence-electron chi connectivity index (χ2n) is 7.44. The smallest absolute Gasteiger partial charge is 0.132 e. The Morgan fingerprint density at radius 2 is 1.13 bits per heavy atom. The molecule has 0 radical (unpaired) electrons. The van der Waals surface area contributed by atoms with Gasteiger partial charge in [-0.05, 0) is 79.3 Å². The molecule has 0 spiro atoms. The number of rotatable bonds is 10. The van der Waals surface area contributed by atoms with Crippen LogP contribution in [0.3, 0.4) is 0 Å². The highest BCUT2D eigenvalue weighted by Gasteiger charge is 2.05. The van der Waals surface area contributed by atoms with Crippen LogP contribution < -0.4 is 4.74 Å². The number of aryl methyl sites for hydroxylation is 2. The Kier molecular flexibility index (Phi) is 9.28. The van der Waals surface area contributed by atoms with Gasteiger partial charge in [0, 0.05) is 19.5 Å². The maximum Gasteiger partial charge on any atom is 0.132 e. The van der Waals surface area contributed by atoms with Gasteiger partial charge in [0.05, 0.1) is 0 Å². The lowest BCUT2D eigenvalue weighted by Crippen LogP contribution is -1.91. The van der Waals surface area contributed by atoms with Crippen molar-refractivity contribution in [1.29, 1.82) is 0 Å². The van der Waals surface area contributed by atoms with E-state index in [0.717, 1.165) is 32.0 Å². The molecule has 3 aromatic carbocycles. The van der Waals surface area contributed by atoms with E-state index in [-0.39, 0.29) is 5.75 Å². The monoisotopic (exact) mass is 594 g/mol. The molecule has 0 aliphatic heterocycles. The van der Waals surface area contributed by atoms with Gasteiger partial charge in [-0.15, -0.1) is 0 Å². The predicted molar refractivity (Wildman–Crippen MR) is 135 cm³/mol. The van der Waals surface area contributed by atoms with Crippen LogP contribution in [0, 0.1) is 0 Å². The van der Waals surface area contributed by atoms with Crippen LogP contribution >= 0.6 is 47.8 Å². The zero-order chi connectivity index (χ0) is 21.3. The van der Waals surface area contributed by atoms with Crippen molar-refractivity contribution in [2.24, 2.45) is 0 Å². The molecule has 0 amide bonds. The van der Waals surface area contributed by atoms with Gasteiger partial charge < -0.3 is 9.84 Å². The molecule has 2 nitrogen and oxygen atoms in total. The second kappa shape index (κ2) is 11.9. The van der Waals surface area contributed by atoms with Gasteiger partial charge in [0.2, 0.25) is 0 Å². The third kappa shape index (κ3) is 8.09. The molecule has 5 heteroatoms. The second-order valence-corrected chi connectivity index (χ2v) is 10.2. The Morgan fingerprint density at radius 3 is 1.80 bits per heavy atom. The summed E-state index contributed by atoms with van der Waals surface area (Å²) in [5.41, 5.74) is 2.67. The standard InChI is InChI=1S/C25H25Br3O2/c26-20-10-8-18(9-11-20)6-4-2-1-3-5-7-19-12-21(27)15-24(13-19)30-25-16-22(28)14-23(29)17-25/h8-17,29H,1-7H2. The van der Waals surface area contributed by atoms with Crippen LogP contribution in [-0.4, -0.2) is 5.11 Å². The van der Waals surface area contributed by atoms with Crippen molar-refractivity contribution in [1.82, 2.24) is 0 Å². The predicted octanol–water partition coefficient (Wildman–Crippen LogP) is 9.21. The zero-order valence-corrected chi connectivity index (χ0v) is 21.5. The van der Waals surface area contributed by atoms with E-state index in [1.54, 1.807) is 12.1 Å². The van der Waals surface area contributed by atoms with E-state index in [4.69, 9.17) is 4.74 Å². The summed E-state index contributed by atoms with van der Waals surface area (Å²) in [4.78, 5) is 0. The minimum absolute atomic E-state index is 0.176. The average molecular weight is 597 g/mol. The van der Waals surface area contributed by atoms with E-state index in [1.807, 2.05) is 12.1 Å². The molecule has 0 aromatic heterocycles. The molecular formula is C25H25Br3O2. The van der Waals surface area contributed by atoms with Crippen LogP contribution in [0.2, 0.25) is 0 Å². The summed E-state index contributed by atoms with van der Waals surface area (Å²) in [6.07, 6.45) is 8.39. The van der Waals surface area contributed by atoms with Gasteiger partial charge in [0.25, 0.3) is 0 Å². The molecule has 0 saturated heterocycles. The number of hydrogen-bond donors (Lipinski definition) is 1. The van der Waals surface area contributed by atoms with Crippen molar-refractivity contribution >= 4 is 47.8 Å². The molecule has 3 rings (SSSR count). The molecule has 158 valence electrons. The van der Waals surface area contributed by atoms with Crippen LogP contribution in [0.4, 0.5) is 0 Å². The SMILES string of the molecule is Oc1cc(Br)cc(Oc2cc(Br)cc(CCCCCCCc3ccc(Br)cc3)c2)c1. The Bertz CT molecular complexity index is 935. The Morgan fingerprint density at radius 1 is 0.567 bits per heavy atom. The lowest BCUT2D eigenvalue weighted by molar-refractivity contribution is 0.454. The fourth-order valence-electron chi connectivity index (χ4n) is 3.41. The normalized spacial score (nSPS) is 10.9. The minimum Gasteiger partial charge on any atom is -0.508 e. The summed E-state index contributed by atoms with van der Waals surface area (Å²) in [5.74, 6) is 1.55. The highest BCUT2D eigenvalue weighted by Crippen LogP contribution is 2.31. The summed E-state index contributed by atoms with van der Waals surface area (Å²) >= 11 is 10.4. The molecule has 0 unspecified atom stereocenters. The molecule has 3 aromatic rings. The zero-order valence-electron chi connectivity index (χ0n) is 16.7. The fraction of sp³-hybridized carbons (Fsp3) is 0.280. The van der Waals surface area contributed by atoms with Crippen molar-refractivity contribution in [3.63, 3.8) is 0 Å². The number of phenolic OH excluding ortho intramolecular Hbond substituents is 1. The summed E-state index contributed by atoms with van der Waals surface area (Å²) in [6, 6.07) is 19.9. The summed E-state index contributed by atoms with van der Waals surface area (Å²) in [5, 5.41) is 9.74. The summed E-state index contributed by atoms with van der Waals surface area (Å²) in [6.45, 7) is 0. The maximum atomic E-state index is 9.74. The Hall–Kier alpha value is -1.30. The molecule has 0 atom stereocenters. The van der Waals surface area contributed by atoms with Gasteiger partial charge in [-0.3, -0.25) is 0 Å². The maximum absolute atomic E-state index is 9.74. The minimum atomic E-state index is 0.176. The van der Waals surface area contributed by atoms with E-state index in [9.17, 15) is 5.11 Å². The molecule has 1 N–H and O–H groups in total. The first-order valence-corrected chi connectivity index (χ1v) is 12.6. The number of hydrogen-bond acceptors (Lipinski definition) is 2. The van der Waals surface area contributed by atoms with E-state index in [2.05, 4.69) is 84.2 Å². The lowest BCUT2D eigenvalue weighted by atomic mass is 10.0. The molecule has 30 heavy (non-hydrogen) atoms.